The molecule has 0 nitrogen and oxygen atoms in total. The Labute approximate surface area is 52.4 Å². The zero-order chi connectivity index (χ0) is 2.83. The van der Waals surface area contributed by atoms with Crippen molar-refractivity contribution in [2.24, 2.45) is 0 Å². The summed E-state index contributed by atoms with van der Waals surface area (Å²) in [6.07, 6.45) is 7.00. The Kier molecular flexibility index (Phi) is 3.26. The van der Waals surface area contributed by atoms with E-state index in [1.807, 2.05) is 0 Å². The summed E-state index contributed by atoms with van der Waals surface area (Å²) in [7, 11) is 0. The van der Waals surface area contributed by atoms with Crippen molar-refractivity contribution in [3.63, 3.8) is 0 Å². The summed E-state index contributed by atoms with van der Waals surface area (Å²) in [4.78, 5) is 0. The van der Waals surface area contributed by atoms with Gasteiger partial charge in [0, 0.05) is 27.3 Å². The maximum atomic E-state index is 2.18. The van der Waals surface area contributed by atoms with Crippen LogP contribution in [0.25, 0.3) is 0 Å². The standard InChI is InChI=1S/C4H6.Cd/c1-2-4-3-1;/h1-2H,3-4H2;. The van der Waals surface area contributed by atoms with E-state index in [1.54, 1.807) is 0 Å². The smallest absolute Gasteiger partial charge is 0 e. The molecule has 0 aromatic rings. The maximum Gasteiger partial charge on any atom is 0 e. The third-order valence-electron chi connectivity index (χ3n) is 0.667. The van der Waals surface area contributed by atoms with Crippen molar-refractivity contribution in [2.75, 3.05) is 0 Å². The molecular formula is C4H6Cd. The largest absolute Gasteiger partial charge is 0.0882 e. The van der Waals surface area contributed by atoms with E-state index in [0.29, 0.717) is 0 Å². The minimum Gasteiger partial charge on any atom is -0.0882 e. The molecule has 0 saturated carbocycles. The van der Waals surface area contributed by atoms with Gasteiger partial charge in [-0.05, 0) is 12.8 Å². The second kappa shape index (κ2) is 2.88. The van der Waals surface area contributed by atoms with Crippen LogP contribution in [-0.4, -0.2) is 0 Å². The van der Waals surface area contributed by atoms with E-state index < -0.39 is 0 Å². The van der Waals surface area contributed by atoms with Crippen LogP contribution in [0, 0.1) is 0 Å². The fraction of sp³-hybridized carbons (Fsp3) is 0.500. The molecule has 0 N–H and O–H groups in total. The fourth-order valence-corrected chi connectivity index (χ4v) is 0.167. The quantitative estimate of drug-likeness (QED) is 0.376. The van der Waals surface area contributed by atoms with Crippen LogP contribution in [-0.2, 0) is 27.3 Å². The molecule has 1 rings (SSSR count). The molecule has 5 heavy (non-hydrogen) atoms. The summed E-state index contributed by atoms with van der Waals surface area (Å²) < 4.78 is 0. The van der Waals surface area contributed by atoms with Crippen molar-refractivity contribution in [1.29, 1.82) is 0 Å². The first-order valence-corrected chi connectivity index (χ1v) is 1.65. The summed E-state index contributed by atoms with van der Waals surface area (Å²) in [6.45, 7) is 0. The molecule has 24 valence electrons. The molecule has 0 atom stereocenters. The normalized spacial score (nSPS) is 16.0. The molecule has 1 aliphatic carbocycles. The summed E-state index contributed by atoms with van der Waals surface area (Å²) in [5.41, 5.74) is 0. The predicted octanol–water partition coefficient (Wildman–Crippen LogP) is 1.33. The monoisotopic (exact) mass is 168 g/mol. The van der Waals surface area contributed by atoms with Gasteiger partial charge >= 0.3 is 0 Å². The molecule has 0 heterocycles. The van der Waals surface area contributed by atoms with E-state index in [4.69, 9.17) is 0 Å². The van der Waals surface area contributed by atoms with Crippen molar-refractivity contribution < 1.29 is 27.3 Å². The molecular weight excluding hydrogens is 160 g/mol. The van der Waals surface area contributed by atoms with Gasteiger partial charge in [-0.3, -0.25) is 0 Å². The molecule has 0 amide bonds. The first kappa shape index (κ1) is 5.66. The van der Waals surface area contributed by atoms with E-state index >= 15 is 0 Å². The van der Waals surface area contributed by atoms with Crippen molar-refractivity contribution in [3.05, 3.63) is 12.2 Å². The summed E-state index contributed by atoms with van der Waals surface area (Å²) in [5.74, 6) is 0. The number of rotatable bonds is 0. The van der Waals surface area contributed by atoms with Gasteiger partial charge in [-0.25, -0.2) is 0 Å². The molecule has 0 radical (unpaired) electrons. The Morgan fingerprint density at radius 3 is 1.20 bits per heavy atom. The van der Waals surface area contributed by atoms with Gasteiger partial charge in [0.25, 0.3) is 0 Å². The SMILES string of the molecule is C1=CCC1.[Cd]. The number of hydrogen-bond donors (Lipinski definition) is 0. The summed E-state index contributed by atoms with van der Waals surface area (Å²) in [5, 5.41) is 0. The van der Waals surface area contributed by atoms with Crippen molar-refractivity contribution >= 4 is 0 Å². The molecule has 0 fully saturated rings. The van der Waals surface area contributed by atoms with Crippen LogP contribution >= 0.6 is 0 Å². The van der Waals surface area contributed by atoms with Gasteiger partial charge in [0.1, 0.15) is 0 Å². The van der Waals surface area contributed by atoms with Crippen LogP contribution in [0.5, 0.6) is 0 Å². The van der Waals surface area contributed by atoms with Crippen LogP contribution in [0.1, 0.15) is 12.8 Å². The molecule has 1 heteroatoms. The third-order valence-corrected chi connectivity index (χ3v) is 0.667. The van der Waals surface area contributed by atoms with Crippen LogP contribution in [0.15, 0.2) is 12.2 Å². The van der Waals surface area contributed by atoms with Crippen LogP contribution in [0.2, 0.25) is 0 Å². The van der Waals surface area contributed by atoms with E-state index in [9.17, 15) is 0 Å². The topological polar surface area (TPSA) is 0 Å². The van der Waals surface area contributed by atoms with E-state index in [-0.39, 0.29) is 27.3 Å². The Morgan fingerprint density at radius 2 is 1.20 bits per heavy atom. The molecule has 0 aromatic heterocycles. The fourth-order valence-electron chi connectivity index (χ4n) is 0.167. The van der Waals surface area contributed by atoms with Crippen LogP contribution in [0.3, 0.4) is 0 Å². The molecule has 0 spiro atoms. The first-order valence-electron chi connectivity index (χ1n) is 1.65. The molecule has 0 unspecified atom stereocenters. The molecule has 1 aliphatic rings. The Balaban J connectivity index is 0.000000160. The average Bonchev–Trinajstić information content (AvgIpc) is 0.722. The zero-order valence-electron chi connectivity index (χ0n) is 3.28. The van der Waals surface area contributed by atoms with Gasteiger partial charge in [-0.2, -0.15) is 0 Å². The van der Waals surface area contributed by atoms with Gasteiger partial charge in [0.2, 0.25) is 0 Å². The van der Waals surface area contributed by atoms with E-state index in [1.165, 1.54) is 12.8 Å². The van der Waals surface area contributed by atoms with Gasteiger partial charge < -0.3 is 0 Å². The van der Waals surface area contributed by atoms with Crippen molar-refractivity contribution in [1.82, 2.24) is 0 Å². The minimum atomic E-state index is 0. The summed E-state index contributed by atoms with van der Waals surface area (Å²) in [6, 6.07) is 0. The van der Waals surface area contributed by atoms with Crippen LogP contribution < -0.4 is 0 Å². The van der Waals surface area contributed by atoms with Gasteiger partial charge in [0.05, 0.1) is 0 Å². The van der Waals surface area contributed by atoms with Gasteiger partial charge in [-0.15, -0.1) is 0 Å². The molecule has 0 aliphatic heterocycles. The minimum absolute atomic E-state index is 0. The second-order valence-electron chi connectivity index (χ2n) is 1.05. The Hall–Kier alpha value is 0.662. The zero-order valence-corrected chi connectivity index (χ0v) is 7.31. The van der Waals surface area contributed by atoms with Gasteiger partial charge in [-0.1, -0.05) is 12.2 Å². The van der Waals surface area contributed by atoms with Crippen molar-refractivity contribution in [3.8, 4) is 0 Å². The van der Waals surface area contributed by atoms with Crippen LogP contribution in [0.4, 0.5) is 0 Å². The Bertz CT molecular complexity index is 32.9. The predicted molar refractivity (Wildman–Crippen MR) is 18.4 cm³/mol. The van der Waals surface area contributed by atoms with E-state index in [2.05, 4.69) is 12.2 Å². The maximum absolute atomic E-state index is 2.18. The molecule has 0 aromatic carbocycles. The second-order valence-corrected chi connectivity index (χ2v) is 1.05. The first-order chi connectivity index (χ1) is 2.00. The molecule has 0 saturated heterocycles. The van der Waals surface area contributed by atoms with E-state index in [0.717, 1.165) is 0 Å². The Morgan fingerprint density at radius 1 is 1.00 bits per heavy atom. The summed E-state index contributed by atoms with van der Waals surface area (Å²) >= 11 is 0. The van der Waals surface area contributed by atoms with Gasteiger partial charge in [0.15, 0.2) is 0 Å². The number of hydrogen-bond acceptors (Lipinski definition) is 0. The average molecular weight is 167 g/mol. The van der Waals surface area contributed by atoms with Crippen molar-refractivity contribution in [2.45, 2.75) is 12.8 Å². The third kappa shape index (κ3) is 1.52. The molecule has 0 bridgehead atoms. The number of allylic oxidation sites excluding steroid dienone is 2.